The summed E-state index contributed by atoms with van der Waals surface area (Å²) in [5, 5.41) is 3.25. The second-order valence-electron chi connectivity index (χ2n) is 3.02. The van der Waals surface area contributed by atoms with Gasteiger partial charge < -0.3 is 14.8 Å². The van der Waals surface area contributed by atoms with Gasteiger partial charge in [-0.3, -0.25) is 0 Å². The Morgan fingerprint density at radius 3 is 3.00 bits per heavy atom. The number of rotatable bonds is 4. The molecule has 0 aromatic carbocycles. The van der Waals surface area contributed by atoms with Crippen molar-refractivity contribution in [1.29, 1.82) is 0 Å². The number of hydrogen-bond acceptors (Lipinski definition) is 3. The standard InChI is InChI=1S/C8H17NO2/c1-7(6-10-2)11-8-3-4-9-5-8/h7-9H,3-6H2,1-2H3/t7?,8-/m0/s1. The summed E-state index contributed by atoms with van der Waals surface area (Å²) in [7, 11) is 1.70. The Hall–Kier alpha value is -0.120. The Morgan fingerprint density at radius 2 is 2.45 bits per heavy atom. The van der Waals surface area contributed by atoms with Gasteiger partial charge in [-0.1, -0.05) is 0 Å². The summed E-state index contributed by atoms with van der Waals surface area (Å²) in [5.41, 5.74) is 0. The second-order valence-corrected chi connectivity index (χ2v) is 3.02. The first kappa shape index (κ1) is 8.97. The van der Waals surface area contributed by atoms with Gasteiger partial charge in [0.1, 0.15) is 0 Å². The largest absolute Gasteiger partial charge is 0.382 e. The van der Waals surface area contributed by atoms with Crippen LogP contribution in [-0.4, -0.2) is 39.0 Å². The third kappa shape index (κ3) is 3.18. The van der Waals surface area contributed by atoms with Crippen LogP contribution in [0.3, 0.4) is 0 Å². The lowest BCUT2D eigenvalue weighted by Gasteiger charge is -2.16. The van der Waals surface area contributed by atoms with Crippen LogP contribution in [0.4, 0.5) is 0 Å². The van der Waals surface area contributed by atoms with Crippen molar-refractivity contribution in [2.75, 3.05) is 26.8 Å². The Bertz CT molecular complexity index is 102. The van der Waals surface area contributed by atoms with Crippen LogP contribution < -0.4 is 5.32 Å². The topological polar surface area (TPSA) is 30.5 Å². The zero-order valence-electron chi connectivity index (χ0n) is 7.30. The van der Waals surface area contributed by atoms with E-state index in [4.69, 9.17) is 9.47 Å². The van der Waals surface area contributed by atoms with E-state index in [2.05, 4.69) is 5.32 Å². The molecule has 1 N–H and O–H groups in total. The van der Waals surface area contributed by atoms with Crippen molar-refractivity contribution in [3.63, 3.8) is 0 Å². The maximum Gasteiger partial charge on any atom is 0.0784 e. The highest BCUT2D eigenvalue weighted by Crippen LogP contribution is 2.06. The van der Waals surface area contributed by atoms with Crippen molar-refractivity contribution >= 4 is 0 Å². The van der Waals surface area contributed by atoms with Gasteiger partial charge in [0.2, 0.25) is 0 Å². The van der Waals surface area contributed by atoms with Gasteiger partial charge in [-0.25, -0.2) is 0 Å². The van der Waals surface area contributed by atoms with Crippen molar-refractivity contribution in [2.45, 2.75) is 25.6 Å². The molecule has 0 saturated carbocycles. The number of ether oxygens (including phenoxy) is 2. The molecule has 66 valence electrons. The Labute approximate surface area is 68.1 Å². The third-order valence-electron chi connectivity index (χ3n) is 1.84. The summed E-state index contributed by atoms with van der Waals surface area (Å²) >= 11 is 0. The number of hydrogen-bond donors (Lipinski definition) is 1. The van der Waals surface area contributed by atoms with Crippen LogP contribution >= 0.6 is 0 Å². The average Bonchev–Trinajstić information content (AvgIpc) is 2.40. The summed E-state index contributed by atoms with van der Waals surface area (Å²) < 4.78 is 10.6. The van der Waals surface area contributed by atoms with Gasteiger partial charge in [-0.2, -0.15) is 0 Å². The van der Waals surface area contributed by atoms with Crippen LogP contribution in [0.5, 0.6) is 0 Å². The third-order valence-corrected chi connectivity index (χ3v) is 1.84. The summed E-state index contributed by atoms with van der Waals surface area (Å²) in [5.74, 6) is 0. The van der Waals surface area contributed by atoms with E-state index in [0.717, 1.165) is 19.5 Å². The lowest BCUT2D eigenvalue weighted by Crippen LogP contribution is -2.25. The van der Waals surface area contributed by atoms with Gasteiger partial charge in [-0.05, 0) is 19.9 Å². The van der Waals surface area contributed by atoms with Crippen molar-refractivity contribution in [3.8, 4) is 0 Å². The van der Waals surface area contributed by atoms with Crippen LogP contribution in [0.2, 0.25) is 0 Å². The highest BCUT2D eigenvalue weighted by molar-refractivity contribution is 4.72. The SMILES string of the molecule is COCC(C)O[C@H]1CCNC1. The van der Waals surface area contributed by atoms with Crippen molar-refractivity contribution in [2.24, 2.45) is 0 Å². The predicted octanol–water partition coefficient (Wildman–Crippen LogP) is 0.400. The average molecular weight is 159 g/mol. The molecule has 0 aromatic rings. The quantitative estimate of drug-likeness (QED) is 0.644. The Balaban J connectivity index is 2.08. The molecular formula is C8H17NO2. The molecule has 1 unspecified atom stereocenters. The van der Waals surface area contributed by atoms with E-state index in [9.17, 15) is 0 Å². The molecule has 1 fully saturated rings. The maximum absolute atomic E-state index is 5.66. The van der Waals surface area contributed by atoms with Gasteiger partial charge in [0.05, 0.1) is 18.8 Å². The highest BCUT2D eigenvalue weighted by atomic mass is 16.5. The van der Waals surface area contributed by atoms with Crippen LogP contribution in [0.25, 0.3) is 0 Å². The van der Waals surface area contributed by atoms with E-state index in [0.29, 0.717) is 12.7 Å². The molecule has 11 heavy (non-hydrogen) atoms. The van der Waals surface area contributed by atoms with Crippen molar-refractivity contribution in [3.05, 3.63) is 0 Å². The Morgan fingerprint density at radius 1 is 1.64 bits per heavy atom. The van der Waals surface area contributed by atoms with Gasteiger partial charge in [0.15, 0.2) is 0 Å². The molecule has 2 atom stereocenters. The lowest BCUT2D eigenvalue weighted by atomic mass is 10.3. The monoisotopic (exact) mass is 159 g/mol. The van der Waals surface area contributed by atoms with E-state index in [1.807, 2.05) is 6.92 Å². The van der Waals surface area contributed by atoms with Crippen molar-refractivity contribution in [1.82, 2.24) is 5.32 Å². The highest BCUT2D eigenvalue weighted by Gasteiger charge is 2.17. The summed E-state index contributed by atoms with van der Waals surface area (Å²) in [6, 6.07) is 0. The minimum atomic E-state index is 0.227. The van der Waals surface area contributed by atoms with Gasteiger partial charge in [0, 0.05) is 13.7 Å². The summed E-state index contributed by atoms with van der Waals surface area (Å²) in [4.78, 5) is 0. The first-order valence-electron chi connectivity index (χ1n) is 4.18. The molecule has 1 rings (SSSR count). The second kappa shape index (κ2) is 4.70. The fraction of sp³-hybridized carbons (Fsp3) is 1.00. The molecule has 0 aliphatic carbocycles. The summed E-state index contributed by atoms with van der Waals surface area (Å²) in [6.07, 6.45) is 1.76. The van der Waals surface area contributed by atoms with E-state index in [1.54, 1.807) is 7.11 Å². The van der Waals surface area contributed by atoms with Crippen LogP contribution in [0, 0.1) is 0 Å². The molecule has 3 heteroatoms. The minimum absolute atomic E-state index is 0.227. The van der Waals surface area contributed by atoms with Crippen molar-refractivity contribution < 1.29 is 9.47 Å². The fourth-order valence-electron chi connectivity index (χ4n) is 1.35. The zero-order chi connectivity index (χ0) is 8.10. The first-order chi connectivity index (χ1) is 5.33. The lowest BCUT2D eigenvalue weighted by molar-refractivity contribution is -0.0299. The normalized spacial score (nSPS) is 27.3. The molecule has 0 radical (unpaired) electrons. The Kier molecular flexibility index (Phi) is 3.83. The molecule has 1 aliphatic heterocycles. The van der Waals surface area contributed by atoms with Crippen LogP contribution in [-0.2, 0) is 9.47 Å². The molecule has 1 aliphatic rings. The molecule has 0 bridgehead atoms. The molecular weight excluding hydrogens is 142 g/mol. The van der Waals surface area contributed by atoms with E-state index >= 15 is 0 Å². The molecule has 1 saturated heterocycles. The number of nitrogens with one attached hydrogen (secondary N) is 1. The van der Waals surface area contributed by atoms with Gasteiger partial charge in [0.25, 0.3) is 0 Å². The van der Waals surface area contributed by atoms with E-state index < -0.39 is 0 Å². The van der Waals surface area contributed by atoms with Gasteiger partial charge in [-0.15, -0.1) is 0 Å². The van der Waals surface area contributed by atoms with Crippen LogP contribution in [0.15, 0.2) is 0 Å². The molecule has 0 amide bonds. The van der Waals surface area contributed by atoms with Gasteiger partial charge >= 0.3 is 0 Å². The zero-order valence-corrected chi connectivity index (χ0v) is 7.30. The predicted molar refractivity (Wildman–Crippen MR) is 43.7 cm³/mol. The first-order valence-corrected chi connectivity index (χ1v) is 4.18. The molecule has 0 spiro atoms. The molecule has 1 heterocycles. The maximum atomic E-state index is 5.66. The smallest absolute Gasteiger partial charge is 0.0784 e. The molecule has 3 nitrogen and oxygen atoms in total. The van der Waals surface area contributed by atoms with Crippen LogP contribution in [0.1, 0.15) is 13.3 Å². The van der Waals surface area contributed by atoms with E-state index in [-0.39, 0.29) is 6.10 Å². The fourth-order valence-corrected chi connectivity index (χ4v) is 1.35. The number of methoxy groups -OCH3 is 1. The van der Waals surface area contributed by atoms with E-state index in [1.165, 1.54) is 0 Å². The summed E-state index contributed by atoms with van der Waals surface area (Å²) in [6.45, 7) is 4.82. The molecule has 0 aromatic heterocycles. The minimum Gasteiger partial charge on any atom is -0.382 e.